The number of amides is 4. The Bertz CT molecular complexity index is 1770. The van der Waals surface area contributed by atoms with Crippen LogP contribution in [0.15, 0.2) is 47.4 Å². The van der Waals surface area contributed by atoms with Crippen molar-refractivity contribution in [2.75, 3.05) is 39.5 Å². The van der Waals surface area contributed by atoms with Crippen molar-refractivity contribution in [3.8, 4) is 5.75 Å². The molecule has 2 heterocycles. The molecule has 17 heteroatoms. The molecule has 0 aliphatic carbocycles. The Morgan fingerprint density at radius 1 is 1.11 bits per heavy atom. The predicted octanol–water partition coefficient (Wildman–Crippen LogP) is 6.31. The highest BCUT2D eigenvalue weighted by atomic mass is 35.5. The van der Waals surface area contributed by atoms with Crippen molar-refractivity contribution < 1.29 is 44.7 Å². The van der Waals surface area contributed by atoms with Crippen molar-refractivity contribution in [3.63, 3.8) is 0 Å². The van der Waals surface area contributed by atoms with Crippen LogP contribution in [0, 0.1) is 18.6 Å². The molecule has 4 amide bonds. The maximum atomic E-state index is 14.4. The normalized spacial score (nSPS) is 16.5. The number of aryl methyl sites for hydroxylation is 1. The molecule has 1 unspecified atom stereocenters. The van der Waals surface area contributed by atoms with Crippen LogP contribution in [0.3, 0.4) is 0 Å². The molecule has 0 saturated carbocycles. The summed E-state index contributed by atoms with van der Waals surface area (Å²) in [5.74, 6) is -3.44. The summed E-state index contributed by atoms with van der Waals surface area (Å²) in [5.41, 5.74) is 0.0962. The molecule has 44 heavy (non-hydrogen) atoms. The lowest BCUT2D eigenvalue weighted by atomic mass is 10.0. The Labute approximate surface area is 252 Å². The van der Waals surface area contributed by atoms with E-state index < -0.39 is 62.3 Å². The Balaban J connectivity index is 1.52. The number of rotatable bonds is 6. The Hall–Kier alpha value is -4.31. The zero-order chi connectivity index (χ0) is 32.1. The van der Waals surface area contributed by atoms with Gasteiger partial charge in [0.05, 0.1) is 16.3 Å². The molecule has 2 aliphatic rings. The summed E-state index contributed by atoms with van der Waals surface area (Å²) in [6.07, 6.45) is -4.90. The molecule has 3 aromatic carbocycles. The quantitative estimate of drug-likeness (QED) is 0.268. The molecule has 2 aliphatic heterocycles. The minimum Gasteiger partial charge on any atom is -0.406 e. The van der Waals surface area contributed by atoms with Gasteiger partial charge in [0.1, 0.15) is 11.4 Å². The van der Waals surface area contributed by atoms with E-state index in [1.165, 1.54) is 28.9 Å². The molecule has 1 atom stereocenters. The van der Waals surface area contributed by atoms with Gasteiger partial charge in [-0.15, -0.1) is 13.2 Å². The first-order chi connectivity index (χ1) is 20.5. The van der Waals surface area contributed by atoms with Gasteiger partial charge < -0.3 is 15.4 Å². The standard InChI is InChI=1S/C27H23ClF5N5O5S/c1-13-7-16(43-27(31,32)33)3-4-21(13)35-26(40)38-12-14(2)18-10-17(11-22(24(18)38)37-6-5-34-25(37)39)44(41,42)36-23-19(29)8-15(28)9-20(23)30/h3-4,7-11,14,36H,5-6,12H2,1-2H3,(H,34,39)(H,35,40). The highest BCUT2D eigenvalue weighted by molar-refractivity contribution is 7.92. The number of urea groups is 2. The third-order valence-corrected chi connectivity index (χ3v) is 8.52. The first-order valence-electron chi connectivity index (χ1n) is 12.9. The van der Waals surface area contributed by atoms with Crippen LogP contribution in [-0.2, 0) is 10.0 Å². The number of carbonyl (C=O) groups is 2. The van der Waals surface area contributed by atoms with E-state index >= 15 is 0 Å². The lowest BCUT2D eigenvalue weighted by molar-refractivity contribution is -0.274. The van der Waals surface area contributed by atoms with Crippen molar-refractivity contribution >= 4 is 56.4 Å². The molecule has 3 aromatic rings. The summed E-state index contributed by atoms with van der Waals surface area (Å²) in [4.78, 5) is 28.3. The fraction of sp³-hybridized carbons (Fsp3) is 0.259. The third kappa shape index (κ3) is 6.17. The molecule has 0 radical (unpaired) electrons. The largest absolute Gasteiger partial charge is 0.573 e. The molecule has 0 bridgehead atoms. The first kappa shape index (κ1) is 31.1. The summed E-state index contributed by atoms with van der Waals surface area (Å²) in [5, 5.41) is 4.95. The number of anilines is 4. The zero-order valence-electron chi connectivity index (χ0n) is 22.9. The molecule has 0 spiro atoms. The maximum absolute atomic E-state index is 14.4. The lowest BCUT2D eigenvalue weighted by Crippen LogP contribution is -2.36. The summed E-state index contributed by atoms with van der Waals surface area (Å²) >= 11 is 5.64. The van der Waals surface area contributed by atoms with Crippen molar-refractivity contribution in [2.24, 2.45) is 0 Å². The number of benzene rings is 3. The van der Waals surface area contributed by atoms with Crippen LogP contribution < -0.4 is 29.9 Å². The zero-order valence-corrected chi connectivity index (χ0v) is 24.4. The second-order valence-corrected chi connectivity index (χ2v) is 12.2. The Morgan fingerprint density at radius 2 is 1.80 bits per heavy atom. The molecule has 3 N–H and O–H groups in total. The van der Waals surface area contributed by atoms with Crippen LogP contribution in [0.1, 0.15) is 24.0 Å². The summed E-state index contributed by atoms with van der Waals surface area (Å²) < 4.78 is 99.3. The number of alkyl halides is 3. The van der Waals surface area contributed by atoms with E-state index in [0.29, 0.717) is 5.56 Å². The number of halogens is 6. The summed E-state index contributed by atoms with van der Waals surface area (Å²) in [6, 6.07) is 5.93. The van der Waals surface area contributed by atoms with Gasteiger partial charge in [0.2, 0.25) is 0 Å². The van der Waals surface area contributed by atoms with Gasteiger partial charge in [-0.3, -0.25) is 14.5 Å². The molecule has 5 rings (SSSR count). The van der Waals surface area contributed by atoms with Crippen LogP contribution in [0.25, 0.3) is 0 Å². The topological polar surface area (TPSA) is 120 Å². The minimum absolute atomic E-state index is 0.0370. The maximum Gasteiger partial charge on any atom is 0.573 e. The predicted molar refractivity (Wildman–Crippen MR) is 152 cm³/mol. The number of fused-ring (bicyclic) bond motifs is 1. The number of carbonyl (C=O) groups excluding carboxylic acids is 2. The molecule has 1 fully saturated rings. The smallest absolute Gasteiger partial charge is 0.406 e. The molecule has 234 valence electrons. The van der Waals surface area contributed by atoms with Crippen molar-refractivity contribution in [2.45, 2.75) is 31.0 Å². The van der Waals surface area contributed by atoms with Gasteiger partial charge >= 0.3 is 18.4 Å². The summed E-state index contributed by atoms with van der Waals surface area (Å²) in [6.45, 7) is 3.55. The van der Waals surface area contributed by atoms with Gasteiger partial charge in [-0.25, -0.2) is 26.8 Å². The van der Waals surface area contributed by atoms with E-state index in [4.69, 9.17) is 11.6 Å². The molecule has 1 saturated heterocycles. The van der Waals surface area contributed by atoms with E-state index in [1.807, 2.05) is 4.72 Å². The van der Waals surface area contributed by atoms with Gasteiger partial charge in [-0.2, -0.15) is 0 Å². The van der Waals surface area contributed by atoms with Crippen LogP contribution in [0.2, 0.25) is 5.02 Å². The molecular formula is C27H23ClF5N5O5S. The molecule has 10 nitrogen and oxygen atoms in total. The van der Waals surface area contributed by atoms with Gasteiger partial charge in [-0.1, -0.05) is 18.5 Å². The molecular weight excluding hydrogens is 637 g/mol. The fourth-order valence-corrected chi connectivity index (χ4v) is 6.31. The van der Waals surface area contributed by atoms with Crippen molar-refractivity contribution in [1.29, 1.82) is 0 Å². The van der Waals surface area contributed by atoms with Gasteiger partial charge in [0.15, 0.2) is 11.6 Å². The second-order valence-electron chi connectivity index (χ2n) is 10.1. The van der Waals surface area contributed by atoms with Crippen molar-refractivity contribution in [1.82, 2.24) is 5.32 Å². The summed E-state index contributed by atoms with van der Waals surface area (Å²) in [7, 11) is -4.64. The van der Waals surface area contributed by atoms with Crippen LogP contribution in [-0.4, -0.2) is 46.5 Å². The van der Waals surface area contributed by atoms with E-state index in [0.717, 1.165) is 30.3 Å². The first-order valence-corrected chi connectivity index (χ1v) is 14.8. The monoisotopic (exact) mass is 659 g/mol. The minimum atomic E-state index is -4.90. The second kappa shape index (κ2) is 11.3. The van der Waals surface area contributed by atoms with Crippen molar-refractivity contribution in [3.05, 3.63) is 70.2 Å². The number of nitrogens with zero attached hydrogens (tertiary/aromatic N) is 2. The van der Waals surface area contributed by atoms with Gasteiger partial charge in [0, 0.05) is 36.3 Å². The van der Waals surface area contributed by atoms with E-state index in [-0.39, 0.29) is 47.3 Å². The highest BCUT2D eigenvalue weighted by Gasteiger charge is 2.38. The van der Waals surface area contributed by atoms with E-state index in [2.05, 4.69) is 15.4 Å². The van der Waals surface area contributed by atoms with Gasteiger partial charge in [-0.05, 0) is 60.5 Å². The number of ether oxygens (including phenoxy) is 1. The van der Waals surface area contributed by atoms with Crippen LogP contribution in [0.5, 0.6) is 5.75 Å². The number of hydrogen-bond acceptors (Lipinski definition) is 5. The van der Waals surface area contributed by atoms with Crippen LogP contribution >= 0.6 is 11.6 Å². The average molecular weight is 660 g/mol. The van der Waals surface area contributed by atoms with E-state index in [1.54, 1.807) is 6.92 Å². The Morgan fingerprint density at radius 3 is 2.39 bits per heavy atom. The number of hydrogen-bond donors (Lipinski definition) is 3. The third-order valence-electron chi connectivity index (χ3n) is 6.97. The highest BCUT2D eigenvalue weighted by Crippen LogP contribution is 2.46. The van der Waals surface area contributed by atoms with E-state index in [9.17, 15) is 40.0 Å². The molecule has 0 aromatic heterocycles. The number of nitrogens with one attached hydrogen (secondary N) is 3. The van der Waals surface area contributed by atoms with Gasteiger partial charge in [0.25, 0.3) is 10.0 Å². The SMILES string of the molecule is Cc1cc(OC(F)(F)F)ccc1NC(=O)N1CC(C)c2cc(S(=O)(=O)Nc3c(F)cc(Cl)cc3F)cc(N3CCNC3=O)c21. The van der Waals surface area contributed by atoms with Crippen LogP contribution in [0.4, 0.5) is 54.3 Å². The Kier molecular flexibility index (Phi) is 8.01. The average Bonchev–Trinajstić information content (AvgIpc) is 3.49. The lowest BCUT2D eigenvalue weighted by Gasteiger charge is -2.26. The fourth-order valence-electron chi connectivity index (χ4n) is 4.98. The number of sulfonamides is 1.